The van der Waals surface area contributed by atoms with Gasteiger partial charge in [0.2, 0.25) is 5.91 Å². The van der Waals surface area contributed by atoms with Gasteiger partial charge in [-0.25, -0.2) is 0 Å². The summed E-state index contributed by atoms with van der Waals surface area (Å²) in [4.78, 5) is 12.5. The first kappa shape index (κ1) is 14.7. The van der Waals surface area contributed by atoms with Crippen molar-refractivity contribution in [1.29, 1.82) is 0 Å². The van der Waals surface area contributed by atoms with Crippen LogP contribution >= 0.6 is 0 Å². The molecule has 1 aromatic carbocycles. The zero-order valence-corrected chi connectivity index (χ0v) is 12.5. The van der Waals surface area contributed by atoms with Gasteiger partial charge in [0.1, 0.15) is 5.75 Å². The lowest BCUT2D eigenvalue weighted by atomic mass is 9.68. The number of hydrogen-bond acceptors (Lipinski definition) is 3. The zero-order chi connectivity index (χ0) is 14.8. The van der Waals surface area contributed by atoms with E-state index in [1.165, 1.54) is 6.42 Å². The summed E-state index contributed by atoms with van der Waals surface area (Å²) >= 11 is 0. The summed E-state index contributed by atoms with van der Waals surface area (Å²) in [5, 5.41) is 2.97. The fourth-order valence-corrected chi connectivity index (χ4v) is 2.97. The normalized spacial score (nSPS) is 21.2. The Kier molecular flexibility index (Phi) is 4.21. The summed E-state index contributed by atoms with van der Waals surface area (Å²) in [6, 6.07) is 5.30. The summed E-state index contributed by atoms with van der Waals surface area (Å²) in [5.74, 6) is 0.800. The second-order valence-electron chi connectivity index (χ2n) is 6.23. The highest BCUT2D eigenvalue weighted by molar-refractivity contribution is 5.96. The van der Waals surface area contributed by atoms with Gasteiger partial charge in [-0.05, 0) is 30.4 Å². The Morgan fingerprint density at radius 2 is 2.15 bits per heavy atom. The van der Waals surface area contributed by atoms with Crippen LogP contribution in [-0.2, 0) is 4.79 Å². The molecule has 3 N–H and O–H groups in total. The molecule has 0 saturated heterocycles. The van der Waals surface area contributed by atoms with Crippen LogP contribution in [0, 0.1) is 11.3 Å². The fraction of sp³-hybridized carbons (Fsp3) is 0.562. The number of hydrogen-bond donors (Lipinski definition) is 2. The van der Waals surface area contributed by atoms with E-state index in [1.807, 2.05) is 0 Å². The van der Waals surface area contributed by atoms with Crippen LogP contribution < -0.4 is 15.8 Å². The van der Waals surface area contributed by atoms with Gasteiger partial charge in [0, 0.05) is 12.0 Å². The maximum absolute atomic E-state index is 12.5. The largest absolute Gasteiger partial charge is 0.497 e. The van der Waals surface area contributed by atoms with Crippen molar-refractivity contribution in [2.75, 3.05) is 18.2 Å². The van der Waals surface area contributed by atoms with Gasteiger partial charge in [-0.1, -0.05) is 26.7 Å². The van der Waals surface area contributed by atoms with Crippen molar-refractivity contribution in [3.05, 3.63) is 18.2 Å². The lowest BCUT2D eigenvalue weighted by molar-refractivity contribution is -0.124. The van der Waals surface area contributed by atoms with Crippen LogP contribution in [0.25, 0.3) is 0 Å². The molecule has 0 aliphatic heterocycles. The number of carbonyl (C=O) groups is 1. The van der Waals surface area contributed by atoms with Crippen molar-refractivity contribution < 1.29 is 9.53 Å². The predicted octanol–water partition coefficient (Wildman–Crippen LogP) is 3.43. The van der Waals surface area contributed by atoms with E-state index >= 15 is 0 Å². The van der Waals surface area contributed by atoms with Crippen molar-refractivity contribution in [3.63, 3.8) is 0 Å². The molecule has 1 atom stereocenters. The minimum Gasteiger partial charge on any atom is -0.497 e. The number of methoxy groups -OCH3 is 1. The number of anilines is 2. The molecule has 2 rings (SSSR count). The van der Waals surface area contributed by atoms with Crippen molar-refractivity contribution in [3.8, 4) is 5.75 Å². The summed E-state index contributed by atoms with van der Waals surface area (Å²) in [7, 11) is 1.60. The highest BCUT2D eigenvalue weighted by atomic mass is 16.5. The van der Waals surface area contributed by atoms with Gasteiger partial charge < -0.3 is 15.8 Å². The number of ether oxygens (including phenoxy) is 1. The summed E-state index contributed by atoms with van der Waals surface area (Å²) in [6.45, 7) is 4.34. The smallest absolute Gasteiger partial charge is 0.228 e. The molecule has 0 spiro atoms. The lowest BCUT2D eigenvalue weighted by Gasteiger charge is -2.37. The summed E-state index contributed by atoms with van der Waals surface area (Å²) in [5.41, 5.74) is 7.17. The second kappa shape index (κ2) is 5.73. The molecular formula is C16H24N2O2. The van der Waals surface area contributed by atoms with E-state index in [4.69, 9.17) is 10.5 Å². The van der Waals surface area contributed by atoms with Crippen LogP contribution in [0.3, 0.4) is 0 Å². The van der Waals surface area contributed by atoms with Crippen molar-refractivity contribution in [2.24, 2.45) is 11.3 Å². The number of nitrogens with two attached hydrogens (primary N) is 1. The number of amides is 1. The average molecular weight is 276 g/mol. The zero-order valence-electron chi connectivity index (χ0n) is 12.5. The molecule has 1 aliphatic carbocycles. The molecule has 110 valence electrons. The van der Waals surface area contributed by atoms with E-state index in [9.17, 15) is 4.79 Å². The van der Waals surface area contributed by atoms with Crippen LogP contribution in [0.15, 0.2) is 18.2 Å². The molecule has 1 aromatic rings. The summed E-state index contributed by atoms with van der Waals surface area (Å²) in [6.07, 6.45) is 4.37. The van der Waals surface area contributed by atoms with Gasteiger partial charge >= 0.3 is 0 Å². The van der Waals surface area contributed by atoms with Gasteiger partial charge in [-0.15, -0.1) is 0 Å². The molecule has 1 amide bonds. The molecule has 4 heteroatoms. The van der Waals surface area contributed by atoms with E-state index in [2.05, 4.69) is 19.2 Å². The van der Waals surface area contributed by atoms with E-state index in [-0.39, 0.29) is 17.2 Å². The van der Waals surface area contributed by atoms with E-state index in [1.54, 1.807) is 25.3 Å². The number of rotatable bonds is 3. The number of nitrogens with one attached hydrogen (secondary N) is 1. The Morgan fingerprint density at radius 1 is 1.40 bits per heavy atom. The predicted molar refractivity (Wildman–Crippen MR) is 81.8 cm³/mol. The first-order chi connectivity index (χ1) is 9.44. The van der Waals surface area contributed by atoms with E-state index in [0.29, 0.717) is 17.1 Å². The lowest BCUT2D eigenvalue weighted by Crippen LogP contribution is -2.37. The molecular weight excluding hydrogens is 252 g/mol. The van der Waals surface area contributed by atoms with Crippen LogP contribution in [0.5, 0.6) is 5.75 Å². The molecule has 1 fully saturated rings. The van der Waals surface area contributed by atoms with Crippen molar-refractivity contribution >= 4 is 17.3 Å². The Labute approximate surface area is 120 Å². The molecule has 0 aromatic heterocycles. The molecule has 1 saturated carbocycles. The van der Waals surface area contributed by atoms with Gasteiger partial charge in [0.15, 0.2) is 0 Å². The molecule has 1 aliphatic rings. The Balaban J connectivity index is 2.15. The first-order valence-corrected chi connectivity index (χ1v) is 7.18. The quantitative estimate of drug-likeness (QED) is 0.831. The maximum Gasteiger partial charge on any atom is 0.228 e. The third-order valence-corrected chi connectivity index (χ3v) is 4.34. The third kappa shape index (κ3) is 3.06. The van der Waals surface area contributed by atoms with Crippen LogP contribution in [0.1, 0.15) is 39.5 Å². The van der Waals surface area contributed by atoms with E-state index < -0.39 is 0 Å². The maximum atomic E-state index is 12.5. The van der Waals surface area contributed by atoms with Crippen LogP contribution in [-0.4, -0.2) is 13.0 Å². The highest BCUT2D eigenvalue weighted by Crippen LogP contribution is 2.41. The molecule has 4 nitrogen and oxygen atoms in total. The topological polar surface area (TPSA) is 64.3 Å². The van der Waals surface area contributed by atoms with Gasteiger partial charge in [0.05, 0.1) is 18.5 Å². The SMILES string of the molecule is COc1ccc(N)c(NC(=O)C2CCCCC2(C)C)c1. The summed E-state index contributed by atoms with van der Waals surface area (Å²) < 4.78 is 5.17. The van der Waals surface area contributed by atoms with Crippen LogP contribution in [0.4, 0.5) is 11.4 Å². The fourth-order valence-electron chi connectivity index (χ4n) is 2.97. The standard InChI is InChI=1S/C16H24N2O2/c1-16(2)9-5-4-6-12(16)15(19)18-14-10-11(20-3)7-8-13(14)17/h7-8,10,12H,4-6,9,17H2,1-3H3,(H,18,19). The molecule has 0 heterocycles. The minimum atomic E-state index is 0.0434. The van der Waals surface area contributed by atoms with E-state index in [0.717, 1.165) is 19.3 Å². The Morgan fingerprint density at radius 3 is 2.80 bits per heavy atom. The third-order valence-electron chi connectivity index (χ3n) is 4.34. The minimum absolute atomic E-state index is 0.0434. The van der Waals surface area contributed by atoms with Crippen molar-refractivity contribution in [2.45, 2.75) is 39.5 Å². The molecule has 20 heavy (non-hydrogen) atoms. The monoisotopic (exact) mass is 276 g/mol. The van der Waals surface area contributed by atoms with Crippen LogP contribution in [0.2, 0.25) is 0 Å². The Bertz CT molecular complexity index is 497. The highest BCUT2D eigenvalue weighted by Gasteiger charge is 2.37. The molecule has 0 bridgehead atoms. The number of benzene rings is 1. The van der Waals surface area contributed by atoms with Gasteiger partial charge in [0.25, 0.3) is 0 Å². The van der Waals surface area contributed by atoms with Gasteiger partial charge in [-0.2, -0.15) is 0 Å². The number of nitrogen functional groups attached to an aromatic ring is 1. The van der Waals surface area contributed by atoms with Crippen molar-refractivity contribution in [1.82, 2.24) is 0 Å². The molecule has 0 radical (unpaired) electrons. The Hall–Kier alpha value is -1.71. The van der Waals surface area contributed by atoms with Gasteiger partial charge in [-0.3, -0.25) is 4.79 Å². The second-order valence-corrected chi connectivity index (χ2v) is 6.23. The number of carbonyl (C=O) groups excluding carboxylic acids is 1. The first-order valence-electron chi connectivity index (χ1n) is 7.18. The molecule has 1 unspecified atom stereocenters. The average Bonchev–Trinajstić information content (AvgIpc) is 2.40.